The number of aliphatic hydroxyl groups excluding tert-OH is 1. The molecule has 1 amide bonds. The van der Waals surface area contributed by atoms with Crippen LogP contribution in [-0.4, -0.2) is 30.5 Å². The van der Waals surface area contributed by atoms with E-state index in [2.05, 4.69) is 5.32 Å². The van der Waals surface area contributed by atoms with Crippen molar-refractivity contribution >= 4 is 12.2 Å². The molecule has 0 saturated carbocycles. The van der Waals surface area contributed by atoms with Crippen LogP contribution < -0.4 is 5.32 Å². The molecule has 2 atom stereocenters. The predicted octanol–water partition coefficient (Wildman–Crippen LogP) is 0.0760. The van der Waals surface area contributed by atoms with E-state index in [0.717, 1.165) is 0 Å². The van der Waals surface area contributed by atoms with Crippen LogP contribution in [0.2, 0.25) is 0 Å². The molecule has 2 unspecified atom stereocenters. The second kappa shape index (κ2) is 5.26. The number of likely N-dealkylation sites (N-methyl/N-ethyl adjacent to an activating group) is 1. The molecule has 0 aromatic heterocycles. The van der Waals surface area contributed by atoms with Crippen molar-refractivity contribution in [1.29, 1.82) is 0 Å². The van der Waals surface area contributed by atoms with E-state index in [0.29, 0.717) is 11.8 Å². The van der Waals surface area contributed by atoms with Gasteiger partial charge in [0.15, 0.2) is 0 Å². The summed E-state index contributed by atoms with van der Waals surface area (Å²) in [5.74, 6) is -1.37. The molecule has 1 aromatic carbocycles. The second-order valence-corrected chi connectivity index (χ2v) is 3.13. The van der Waals surface area contributed by atoms with E-state index >= 15 is 0 Å². The van der Waals surface area contributed by atoms with Gasteiger partial charge in [-0.2, -0.15) is 0 Å². The first-order valence-corrected chi connectivity index (χ1v) is 4.60. The molecule has 2 N–H and O–H groups in total. The Morgan fingerprint density at radius 3 is 2.47 bits per heavy atom. The van der Waals surface area contributed by atoms with Crippen molar-refractivity contribution < 1.29 is 14.7 Å². The summed E-state index contributed by atoms with van der Waals surface area (Å²) in [5.41, 5.74) is 0.628. The van der Waals surface area contributed by atoms with Crippen molar-refractivity contribution in [2.24, 2.45) is 0 Å². The Balaban J connectivity index is 2.89. The Kier molecular flexibility index (Phi) is 4.00. The highest BCUT2D eigenvalue weighted by Crippen LogP contribution is 2.17. The Morgan fingerprint density at radius 2 is 2.00 bits per heavy atom. The van der Waals surface area contributed by atoms with E-state index in [4.69, 9.17) is 0 Å². The Bertz CT molecular complexity index is 337. The van der Waals surface area contributed by atoms with Gasteiger partial charge in [-0.25, -0.2) is 0 Å². The Hall–Kier alpha value is -1.68. The van der Waals surface area contributed by atoms with Crippen molar-refractivity contribution in [3.05, 3.63) is 35.9 Å². The van der Waals surface area contributed by atoms with Crippen molar-refractivity contribution in [2.75, 3.05) is 7.05 Å². The second-order valence-electron chi connectivity index (χ2n) is 3.13. The summed E-state index contributed by atoms with van der Waals surface area (Å²) in [7, 11) is 1.42. The number of aldehydes is 1. The number of benzene rings is 1. The minimum atomic E-state index is -1.34. The maximum absolute atomic E-state index is 11.2. The van der Waals surface area contributed by atoms with Gasteiger partial charge in [0, 0.05) is 7.05 Å². The van der Waals surface area contributed by atoms with Gasteiger partial charge in [0.25, 0.3) is 0 Å². The van der Waals surface area contributed by atoms with Crippen LogP contribution in [0.5, 0.6) is 0 Å². The number of amides is 1. The lowest BCUT2D eigenvalue weighted by Gasteiger charge is -2.16. The summed E-state index contributed by atoms with van der Waals surface area (Å²) in [6.07, 6.45) is -0.759. The standard InChI is InChI=1S/C11H13NO3/c1-12-11(15)10(14)9(7-13)8-5-3-2-4-6-8/h2-7,9-10,14H,1H3,(H,12,15). The highest BCUT2D eigenvalue weighted by Gasteiger charge is 2.26. The number of hydrogen-bond donors (Lipinski definition) is 2. The summed E-state index contributed by atoms with van der Waals surface area (Å²) in [4.78, 5) is 22.0. The van der Waals surface area contributed by atoms with E-state index < -0.39 is 17.9 Å². The molecule has 80 valence electrons. The van der Waals surface area contributed by atoms with Crippen molar-refractivity contribution in [3.63, 3.8) is 0 Å². The van der Waals surface area contributed by atoms with Gasteiger partial charge in [-0.15, -0.1) is 0 Å². The molecule has 1 rings (SSSR count). The van der Waals surface area contributed by atoms with Gasteiger partial charge in [-0.3, -0.25) is 4.79 Å². The SMILES string of the molecule is CNC(=O)C(O)C(C=O)c1ccccc1. The molecule has 0 fully saturated rings. The van der Waals surface area contributed by atoms with E-state index in [1.165, 1.54) is 7.05 Å². The molecule has 15 heavy (non-hydrogen) atoms. The van der Waals surface area contributed by atoms with Crippen LogP contribution in [0.15, 0.2) is 30.3 Å². The number of carbonyl (C=O) groups is 2. The molecule has 0 radical (unpaired) electrons. The number of rotatable bonds is 4. The predicted molar refractivity (Wildman–Crippen MR) is 55.3 cm³/mol. The fourth-order valence-corrected chi connectivity index (χ4v) is 1.32. The van der Waals surface area contributed by atoms with Gasteiger partial charge in [-0.05, 0) is 5.56 Å². The Labute approximate surface area is 87.9 Å². The fraction of sp³-hybridized carbons (Fsp3) is 0.273. The van der Waals surface area contributed by atoms with Gasteiger partial charge in [0.2, 0.25) is 5.91 Å². The molecule has 0 aliphatic rings. The number of aliphatic hydroxyl groups is 1. The largest absolute Gasteiger partial charge is 0.382 e. The van der Waals surface area contributed by atoms with E-state index in [1.807, 2.05) is 0 Å². The molecular formula is C11H13NO3. The molecule has 4 heteroatoms. The van der Waals surface area contributed by atoms with Crippen LogP contribution in [0.4, 0.5) is 0 Å². The lowest BCUT2D eigenvalue weighted by Crippen LogP contribution is -2.37. The van der Waals surface area contributed by atoms with Crippen molar-refractivity contribution in [3.8, 4) is 0 Å². The third-order valence-corrected chi connectivity index (χ3v) is 2.19. The van der Waals surface area contributed by atoms with Crippen LogP contribution in [0, 0.1) is 0 Å². The third-order valence-electron chi connectivity index (χ3n) is 2.19. The van der Waals surface area contributed by atoms with Crippen LogP contribution in [0.25, 0.3) is 0 Å². The molecule has 4 nitrogen and oxygen atoms in total. The van der Waals surface area contributed by atoms with Crippen molar-refractivity contribution in [1.82, 2.24) is 5.32 Å². The Morgan fingerprint density at radius 1 is 1.40 bits per heavy atom. The van der Waals surface area contributed by atoms with Gasteiger partial charge in [-0.1, -0.05) is 30.3 Å². The summed E-state index contributed by atoms with van der Waals surface area (Å²) in [5, 5.41) is 11.9. The summed E-state index contributed by atoms with van der Waals surface area (Å²) in [6.45, 7) is 0. The maximum Gasteiger partial charge on any atom is 0.249 e. The normalized spacial score (nSPS) is 14.0. The molecule has 0 aliphatic heterocycles. The van der Waals surface area contributed by atoms with Gasteiger partial charge >= 0.3 is 0 Å². The molecule has 0 bridgehead atoms. The zero-order valence-electron chi connectivity index (χ0n) is 8.38. The molecular weight excluding hydrogens is 194 g/mol. The zero-order chi connectivity index (χ0) is 11.3. The summed E-state index contributed by atoms with van der Waals surface area (Å²) in [6, 6.07) is 8.71. The lowest BCUT2D eigenvalue weighted by atomic mass is 9.94. The quantitative estimate of drug-likeness (QED) is 0.687. The zero-order valence-corrected chi connectivity index (χ0v) is 8.38. The summed E-state index contributed by atoms with van der Waals surface area (Å²) >= 11 is 0. The monoisotopic (exact) mass is 207 g/mol. The van der Waals surface area contributed by atoms with Crippen LogP contribution in [0.3, 0.4) is 0 Å². The van der Waals surface area contributed by atoms with Gasteiger partial charge < -0.3 is 15.2 Å². The molecule has 0 saturated heterocycles. The van der Waals surface area contributed by atoms with Crippen LogP contribution >= 0.6 is 0 Å². The molecule has 1 aromatic rings. The fourth-order valence-electron chi connectivity index (χ4n) is 1.32. The van der Waals surface area contributed by atoms with E-state index in [9.17, 15) is 14.7 Å². The first-order valence-electron chi connectivity index (χ1n) is 4.60. The van der Waals surface area contributed by atoms with E-state index in [-0.39, 0.29) is 0 Å². The first kappa shape index (κ1) is 11.4. The highest BCUT2D eigenvalue weighted by atomic mass is 16.3. The van der Waals surface area contributed by atoms with Crippen molar-refractivity contribution in [2.45, 2.75) is 12.0 Å². The van der Waals surface area contributed by atoms with Crippen LogP contribution in [0.1, 0.15) is 11.5 Å². The molecule has 0 heterocycles. The van der Waals surface area contributed by atoms with E-state index in [1.54, 1.807) is 30.3 Å². The van der Waals surface area contributed by atoms with Gasteiger partial charge in [0.1, 0.15) is 12.4 Å². The number of hydrogen-bond acceptors (Lipinski definition) is 3. The molecule has 0 aliphatic carbocycles. The number of nitrogens with one attached hydrogen (secondary N) is 1. The highest BCUT2D eigenvalue weighted by molar-refractivity contribution is 5.85. The smallest absolute Gasteiger partial charge is 0.249 e. The number of carbonyl (C=O) groups excluding carboxylic acids is 2. The summed E-state index contributed by atoms with van der Waals surface area (Å²) < 4.78 is 0. The van der Waals surface area contributed by atoms with Gasteiger partial charge in [0.05, 0.1) is 5.92 Å². The third kappa shape index (κ3) is 2.63. The molecule has 0 spiro atoms. The minimum Gasteiger partial charge on any atom is -0.382 e. The maximum atomic E-state index is 11.2. The average Bonchev–Trinajstić information content (AvgIpc) is 2.30. The van der Waals surface area contributed by atoms with Crippen LogP contribution in [-0.2, 0) is 9.59 Å². The minimum absolute atomic E-state index is 0.559. The average molecular weight is 207 g/mol. The topological polar surface area (TPSA) is 66.4 Å². The lowest BCUT2D eigenvalue weighted by molar-refractivity contribution is -0.132. The first-order chi connectivity index (χ1) is 7.20.